The SMILES string of the molecule is COc1cc2ccccc2c(-c2c3c(cc4ccccc24)Oc2c(C#N)c(C)c(C)c(C)c2O3)c1OC. The smallest absolute Gasteiger partial charge is 0.188 e. The van der Waals surface area contributed by atoms with Gasteiger partial charge in [-0.25, -0.2) is 0 Å². The van der Waals surface area contributed by atoms with Gasteiger partial charge in [-0.05, 0) is 71.1 Å². The van der Waals surface area contributed by atoms with E-state index in [-0.39, 0.29) is 0 Å². The number of nitrogens with zero attached hydrogens (tertiary/aromatic N) is 1. The lowest BCUT2D eigenvalue weighted by Gasteiger charge is -2.28. The Hall–Kier alpha value is -4.69. The Morgan fingerprint density at radius 1 is 0.676 bits per heavy atom. The average Bonchev–Trinajstić information content (AvgIpc) is 2.93. The summed E-state index contributed by atoms with van der Waals surface area (Å²) in [6.45, 7) is 5.95. The van der Waals surface area contributed by atoms with Crippen molar-refractivity contribution in [1.29, 1.82) is 5.26 Å². The number of nitriles is 1. The fourth-order valence-electron chi connectivity index (χ4n) is 5.29. The number of methoxy groups -OCH3 is 2. The van der Waals surface area contributed by atoms with Crippen LogP contribution in [0.5, 0.6) is 34.5 Å². The van der Waals surface area contributed by atoms with Crippen LogP contribution in [0.15, 0.2) is 60.7 Å². The standard InChI is InChI=1S/C32H25NO4/c1-17-18(2)24(16-33)30-29(19(17)3)37-32-26(36-30)15-21-11-7-9-13-23(21)28(32)27-22-12-8-6-10-20(22)14-25(34-4)31(27)35-5/h6-15H,1-5H3. The van der Waals surface area contributed by atoms with Crippen molar-refractivity contribution in [2.45, 2.75) is 20.8 Å². The lowest BCUT2D eigenvalue weighted by Crippen LogP contribution is -2.07. The summed E-state index contributed by atoms with van der Waals surface area (Å²) in [6, 6.07) is 22.5. The molecular formula is C32H25NO4. The van der Waals surface area contributed by atoms with Crippen LogP contribution in [0.2, 0.25) is 0 Å². The van der Waals surface area contributed by atoms with Crippen molar-refractivity contribution in [1.82, 2.24) is 0 Å². The summed E-state index contributed by atoms with van der Waals surface area (Å²) in [7, 11) is 3.29. The molecule has 1 heterocycles. The molecule has 0 aliphatic carbocycles. The zero-order chi connectivity index (χ0) is 25.8. The van der Waals surface area contributed by atoms with Crippen LogP contribution in [0.3, 0.4) is 0 Å². The quantitative estimate of drug-likeness (QED) is 0.251. The van der Waals surface area contributed by atoms with Gasteiger partial charge >= 0.3 is 0 Å². The van der Waals surface area contributed by atoms with Crippen LogP contribution in [-0.4, -0.2) is 14.2 Å². The summed E-state index contributed by atoms with van der Waals surface area (Å²) >= 11 is 0. The molecular weight excluding hydrogens is 462 g/mol. The highest BCUT2D eigenvalue weighted by Crippen LogP contribution is 2.58. The van der Waals surface area contributed by atoms with Crippen molar-refractivity contribution in [3.05, 3.63) is 82.9 Å². The van der Waals surface area contributed by atoms with E-state index >= 15 is 0 Å². The van der Waals surface area contributed by atoms with E-state index < -0.39 is 0 Å². The molecule has 5 nitrogen and oxygen atoms in total. The number of rotatable bonds is 3. The summed E-state index contributed by atoms with van der Waals surface area (Å²) in [5.74, 6) is 3.40. The molecule has 5 aromatic carbocycles. The van der Waals surface area contributed by atoms with E-state index in [1.807, 2.05) is 63.2 Å². The molecule has 0 spiro atoms. The van der Waals surface area contributed by atoms with Crippen molar-refractivity contribution in [3.63, 3.8) is 0 Å². The summed E-state index contributed by atoms with van der Waals surface area (Å²) in [6.07, 6.45) is 0. The molecule has 0 saturated heterocycles. The van der Waals surface area contributed by atoms with Crippen LogP contribution >= 0.6 is 0 Å². The molecule has 0 fully saturated rings. The van der Waals surface area contributed by atoms with E-state index in [0.29, 0.717) is 40.1 Å². The number of hydrogen-bond acceptors (Lipinski definition) is 5. The largest absolute Gasteiger partial charge is 0.493 e. The number of fused-ring (bicyclic) bond motifs is 4. The van der Waals surface area contributed by atoms with Crippen LogP contribution in [0.1, 0.15) is 22.3 Å². The normalized spacial score (nSPS) is 11.8. The minimum atomic E-state index is 0.458. The van der Waals surface area contributed by atoms with Crippen LogP contribution < -0.4 is 18.9 Å². The van der Waals surface area contributed by atoms with Crippen LogP contribution in [0.4, 0.5) is 0 Å². The topological polar surface area (TPSA) is 60.7 Å². The first-order valence-electron chi connectivity index (χ1n) is 12.1. The Morgan fingerprint density at radius 2 is 1.32 bits per heavy atom. The third kappa shape index (κ3) is 3.23. The molecule has 0 saturated carbocycles. The van der Waals surface area contributed by atoms with Crippen molar-refractivity contribution < 1.29 is 18.9 Å². The van der Waals surface area contributed by atoms with Crippen molar-refractivity contribution in [3.8, 4) is 51.7 Å². The van der Waals surface area contributed by atoms with Crippen molar-refractivity contribution >= 4 is 21.5 Å². The van der Waals surface area contributed by atoms with E-state index in [2.05, 4.69) is 24.3 Å². The van der Waals surface area contributed by atoms with Gasteiger partial charge in [-0.2, -0.15) is 5.26 Å². The van der Waals surface area contributed by atoms with Gasteiger partial charge in [0, 0.05) is 11.1 Å². The van der Waals surface area contributed by atoms with Gasteiger partial charge in [0.05, 0.1) is 14.2 Å². The van der Waals surface area contributed by atoms with Crippen molar-refractivity contribution in [2.75, 3.05) is 14.2 Å². The Balaban J connectivity index is 1.77. The number of benzene rings is 5. The monoisotopic (exact) mass is 487 g/mol. The van der Waals surface area contributed by atoms with E-state index in [1.165, 1.54) is 0 Å². The average molecular weight is 488 g/mol. The molecule has 0 unspecified atom stereocenters. The van der Waals surface area contributed by atoms with Gasteiger partial charge < -0.3 is 18.9 Å². The highest BCUT2D eigenvalue weighted by molar-refractivity contribution is 6.12. The minimum absolute atomic E-state index is 0.458. The van der Waals surface area contributed by atoms with Gasteiger partial charge in [-0.15, -0.1) is 0 Å². The Bertz CT molecular complexity index is 1800. The van der Waals surface area contributed by atoms with Gasteiger partial charge in [0.1, 0.15) is 11.6 Å². The highest BCUT2D eigenvalue weighted by Gasteiger charge is 2.32. The first-order valence-corrected chi connectivity index (χ1v) is 12.1. The third-order valence-electron chi connectivity index (χ3n) is 7.41. The maximum absolute atomic E-state index is 9.97. The van der Waals surface area contributed by atoms with Gasteiger partial charge in [0.25, 0.3) is 0 Å². The number of hydrogen-bond donors (Lipinski definition) is 0. The molecule has 0 amide bonds. The second kappa shape index (κ2) is 8.46. The molecule has 0 atom stereocenters. The second-order valence-corrected chi connectivity index (χ2v) is 9.23. The van der Waals surface area contributed by atoms with Gasteiger partial charge in [-0.3, -0.25) is 0 Å². The summed E-state index contributed by atoms with van der Waals surface area (Å²) < 4.78 is 25.0. The third-order valence-corrected chi connectivity index (χ3v) is 7.41. The van der Waals surface area contributed by atoms with Gasteiger partial charge in [0.2, 0.25) is 0 Å². The summed E-state index contributed by atoms with van der Waals surface area (Å²) in [5.41, 5.74) is 5.05. The van der Waals surface area contributed by atoms with Crippen molar-refractivity contribution in [2.24, 2.45) is 0 Å². The Labute approximate surface area is 215 Å². The van der Waals surface area contributed by atoms with Gasteiger partial charge in [-0.1, -0.05) is 48.5 Å². The fraction of sp³-hybridized carbons (Fsp3) is 0.156. The first-order chi connectivity index (χ1) is 18.0. The number of ether oxygens (including phenoxy) is 4. The highest BCUT2D eigenvalue weighted by atomic mass is 16.6. The van der Waals surface area contributed by atoms with E-state index in [1.54, 1.807) is 14.2 Å². The maximum atomic E-state index is 9.97. The van der Waals surface area contributed by atoms with E-state index in [4.69, 9.17) is 18.9 Å². The Morgan fingerprint density at radius 3 is 1.97 bits per heavy atom. The lowest BCUT2D eigenvalue weighted by atomic mass is 9.90. The minimum Gasteiger partial charge on any atom is -0.493 e. The summed E-state index contributed by atoms with van der Waals surface area (Å²) in [5, 5.41) is 14.0. The molecule has 0 radical (unpaired) electrons. The van der Waals surface area contributed by atoms with E-state index in [0.717, 1.165) is 49.4 Å². The molecule has 0 aromatic heterocycles. The molecule has 37 heavy (non-hydrogen) atoms. The summed E-state index contributed by atoms with van der Waals surface area (Å²) in [4.78, 5) is 0. The molecule has 182 valence electrons. The molecule has 0 bridgehead atoms. The molecule has 5 heteroatoms. The molecule has 1 aliphatic rings. The van der Waals surface area contributed by atoms with Gasteiger partial charge in [0.15, 0.2) is 34.5 Å². The lowest BCUT2D eigenvalue weighted by molar-refractivity contribution is 0.353. The van der Waals surface area contributed by atoms with Crippen LogP contribution in [-0.2, 0) is 0 Å². The second-order valence-electron chi connectivity index (χ2n) is 9.23. The Kier molecular flexibility index (Phi) is 5.20. The maximum Gasteiger partial charge on any atom is 0.188 e. The molecule has 5 aromatic rings. The predicted molar refractivity (Wildman–Crippen MR) is 146 cm³/mol. The molecule has 0 N–H and O–H groups in total. The van der Waals surface area contributed by atoms with Crippen LogP contribution in [0.25, 0.3) is 32.7 Å². The fourth-order valence-corrected chi connectivity index (χ4v) is 5.29. The predicted octanol–water partition coefficient (Wildman–Crippen LogP) is 8.37. The van der Waals surface area contributed by atoms with E-state index in [9.17, 15) is 5.26 Å². The molecule has 6 rings (SSSR count). The van der Waals surface area contributed by atoms with Crippen LogP contribution in [0, 0.1) is 32.1 Å². The molecule has 1 aliphatic heterocycles. The zero-order valence-corrected chi connectivity index (χ0v) is 21.4. The zero-order valence-electron chi connectivity index (χ0n) is 21.4. The first kappa shape index (κ1) is 22.8.